The maximum absolute atomic E-state index is 12.4. The molecule has 1 aliphatic carbocycles. The van der Waals surface area contributed by atoms with Crippen LogP contribution in [0, 0.1) is 5.92 Å². The maximum Gasteiger partial charge on any atom is 0.225 e. The van der Waals surface area contributed by atoms with Crippen LogP contribution >= 0.6 is 11.3 Å². The number of thiazole rings is 1. The van der Waals surface area contributed by atoms with E-state index in [0.29, 0.717) is 17.9 Å². The summed E-state index contributed by atoms with van der Waals surface area (Å²) in [6.45, 7) is 9.99. The van der Waals surface area contributed by atoms with E-state index in [4.69, 9.17) is 4.98 Å². The number of amides is 1. The Hall–Kier alpha value is -2.45. The lowest BCUT2D eigenvalue weighted by molar-refractivity contribution is -0.132. The first-order valence-electron chi connectivity index (χ1n) is 11.8. The molecule has 1 saturated heterocycles. The predicted molar refractivity (Wildman–Crippen MR) is 127 cm³/mol. The largest absolute Gasteiger partial charge is 0.366 e. The predicted octanol–water partition coefficient (Wildman–Crippen LogP) is 3.28. The van der Waals surface area contributed by atoms with E-state index in [2.05, 4.69) is 52.0 Å². The summed E-state index contributed by atoms with van der Waals surface area (Å²) >= 11 is 1.83. The fraction of sp³-hybridized carbons (Fsp3) is 0.542. The topological polar surface area (TPSA) is 57.0 Å². The normalized spacial score (nSPS) is 19.7. The van der Waals surface area contributed by atoms with Gasteiger partial charge in [-0.25, -0.2) is 9.50 Å². The van der Waals surface area contributed by atoms with E-state index >= 15 is 0 Å². The van der Waals surface area contributed by atoms with Crippen molar-refractivity contribution in [3.8, 4) is 10.6 Å². The summed E-state index contributed by atoms with van der Waals surface area (Å²) in [6.07, 6.45) is 7.17. The van der Waals surface area contributed by atoms with E-state index in [0.717, 1.165) is 74.6 Å². The summed E-state index contributed by atoms with van der Waals surface area (Å²) in [5.74, 6) is 0.664. The third-order valence-electron chi connectivity index (χ3n) is 7.08. The highest BCUT2D eigenvalue weighted by Crippen LogP contribution is 2.35. The van der Waals surface area contributed by atoms with Crippen molar-refractivity contribution in [2.45, 2.75) is 45.7 Å². The van der Waals surface area contributed by atoms with Gasteiger partial charge in [-0.2, -0.15) is 5.10 Å². The Balaban J connectivity index is 1.24. The van der Waals surface area contributed by atoms with Crippen LogP contribution in [0.3, 0.4) is 0 Å². The molecule has 7 nitrogen and oxygen atoms in total. The molecule has 3 aliphatic rings. The molecule has 8 heteroatoms. The minimum atomic E-state index is 0.305. The van der Waals surface area contributed by atoms with Crippen LogP contribution in [0.5, 0.6) is 0 Å². The smallest absolute Gasteiger partial charge is 0.225 e. The summed E-state index contributed by atoms with van der Waals surface area (Å²) in [6, 6.07) is 4.90. The summed E-state index contributed by atoms with van der Waals surface area (Å²) in [5.41, 5.74) is 4.71. The van der Waals surface area contributed by atoms with E-state index in [1.165, 1.54) is 16.3 Å². The van der Waals surface area contributed by atoms with Crippen LogP contribution < -0.4 is 4.90 Å². The molecule has 0 radical (unpaired) electrons. The summed E-state index contributed by atoms with van der Waals surface area (Å²) in [4.78, 5) is 25.8. The van der Waals surface area contributed by atoms with Gasteiger partial charge in [0.2, 0.25) is 5.91 Å². The Morgan fingerprint density at radius 3 is 2.72 bits per heavy atom. The second-order valence-corrected chi connectivity index (χ2v) is 10.6. The molecular weight excluding hydrogens is 420 g/mol. The van der Waals surface area contributed by atoms with E-state index in [9.17, 15) is 4.79 Å². The first-order valence-corrected chi connectivity index (χ1v) is 12.6. The molecule has 3 aromatic rings. The minimum absolute atomic E-state index is 0.305. The Labute approximate surface area is 192 Å². The number of anilines is 1. The van der Waals surface area contributed by atoms with Crippen molar-refractivity contribution in [3.63, 3.8) is 0 Å². The number of hydrogen-bond acceptors (Lipinski definition) is 6. The van der Waals surface area contributed by atoms with Gasteiger partial charge in [-0.05, 0) is 38.8 Å². The highest BCUT2D eigenvalue weighted by Gasteiger charge is 2.34. The van der Waals surface area contributed by atoms with Crippen LogP contribution in [0.1, 0.15) is 37.3 Å². The summed E-state index contributed by atoms with van der Waals surface area (Å²) < 4.78 is 1.98. The molecule has 32 heavy (non-hydrogen) atoms. The van der Waals surface area contributed by atoms with Gasteiger partial charge in [-0.1, -0.05) is 0 Å². The van der Waals surface area contributed by atoms with Crippen LogP contribution in [0.15, 0.2) is 24.5 Å². The highest BCUT2D eigenvalue weighted by atomic mass is 32.1. The molecule has 2 fully saturated rings. The zero-order valence-electron chi connectivity index (χ0n) is 18.8. The number of aromatic nitrogens is 3. The number of fused-ring (bicyclic) bond motifs is 2. The van der Waals surface area contributed by atoms with E-state index < -0.39 is 0 Å². The van der Waals surface area contributed by atoms with Crippen LogP contribution in [0.2, 0.25) is 0 Å². The molecule has 0 aromatic carbocycles. The number of carbonyl (C=O) groups excluding carboxylic acids is 1. The second-order valence-electron chi connectivity index (χ2n) is 9.56. The third kappa shape index (κ3) is 3.59. The molecule has 2 aliphatic heterocycles. The highest BCUT2D eigenvalue weighted by molar-refractivity contribution is 7.15. The number of rotatable bonds is 4. The Kier molecular flexibility index (Phi) is 4.95. The first kappa shape index (κ1) is 20.2. The van der Waals surface area contributed by atoms with Gasteiger partial charge in [0.1, 0.15) is 5.01 Å². The van der Waals surface area contributed by atoms with Crippen molar-refractivity contribution in [1.29, 1.82) is 0 Å². The molecular formula is C24H30N6OS. The Bertz CT molecular complexity index is 1150. The van der Waals surface area contributed by atoms with Gasteiger partial charge in [-0.3, -0.25) is 9.69 Å². The lowest BCUT2D eigenvalue weighted by atomic mass is 10.1. The zero-order chi connectivity index (χ0) is 21.8. The quantitative estimate of drug-likeness (QED) is 0.611. The summed E-state index contributed by atoms with van der Waals surface area (Å²) in [5, 5.41) is 5.66. The first-order chi connectivity index (χ1) is 15.6. The fourth-order valence-electron chi connectivity index (χ4n) is 4.92. The van der Waals surface area contributed by atoms with Gasteiger partial charge in [-0.15, -0.1) is 11.3 Å². The van der Waals surface area contributed by atoms with Gasteiger partial charge in [0.25, 0.3) is 0 Å². The Morgan fingerprint density at radius 2 is 1.97 bits per heavy atom. The van der Waals surface area contributed by atoms with Gasteiger partial charge in [0.05, 0.1) is 16.9 Å². The van der Waals surface area contributed by atoms with Crippen molar-refractivity contribution in [2.75, 3.05) is 37.6 Å². The molecule has 5 heterocycles. The monoisotopic (exact) mass is 450 g/mol. The van der Waals surface area contributed by atoms with Crippen LogP contribution in [0.4, 0.5) is 5.69 Å². The molecule has 0 atom stereocenters. The minimum Gasteiger partial charge on any atom is -0.366 e. The standard InChI is InChI=1S/C24H30N6OS/c1-16(2)29-8-6-19-22(15-29)32-23(26-19)18-13-21-20(5-7-25-30(21)14-18)27-9-11-28(12-10-27)24(31)17-3-4-17/h5,7,13-14,16-17H,3-4,6,8-12,15H2,1-2H3. The van der Waals surface area contributed by atoms with Crippen molar-refractivity contribution in [1.82, 2.24) is 24.4 Å². The lowest BCUT2D eigenvalue weighted by Gasteiger charge is -2.36. The lowest BCUT2D eigenvalue weighted by Crippen LogP contribution is -2.49. The van der Waals surface area contributed by atoms with Crippen LogP contribution in [0.25, 0.3) is 16.1 Å². The van der Waals surface area contributed by atoms with Crippen LogP contribution in [-0.4, -0.2) is 69.1 Å². The number of carbonyl (C=O) groups is 1. The number of piperazine rings is 1. The van der Waals surface area contributed by atoms with Crippen molar-refractivity contribution in [3.05, 3.63) is 35.1 Å². The molecule has 1 amide bonds. The molecule has 0 N–H and O–H groups in total. The SMILES string of the molecule is CC(C)N1CCc2nc(-c3cc4c(N5CCN(C(=O)C6CC6)CC5)ccnn4c3)sc2C1. The molecule has 0 unspecified atom stereocenters. The van der Waals surface area contributed by atoms with Crippen molar-refractivity contribution < 1.29 is 4.79 Å². The fourth-order valence-corrected chi connectivity index (χ4v) is 6.03. The summed E-state index contributed by atoms with van der Waals surface area (Å²) in [7, 11) is 0. The number of hydrogen-bond donors (Lipinski definition) is 0. The van der Waals surface area contributed by atoms with Crippen LogP contribution in [-0.2, 0) is 17.8 Å². The van der Waals surface area contributed by atoms with Gasteiger partial charge in [0, 0.05) is 80.5 Å². The van der Waals surface area contributed by atoms with E-state index in [1.54, 1.807) is 0 Å². The molecule has 0 spiro atoms. The second kappa shape index (κ2) is 7.85. The van der Waals surface area contributed by atoms with Crippen molar-refractivity contribution >= 4 is 28.4 Å². The average Bonchev–Trinajstić information content (AvgIpc) is 3.42. The molecule has 6 rings (SSSR count). The molecule has 168 valence electrons. The van der Waals surface area contributed by atoms with Gasteiger partial charge in [0.15, 0.2) is 0 Å². The van der Waals surface area contributed by atoms with E-state index in [1.807, 2.05) is 22.0 Å². The average molecular weight is 451 g/mol. The molecule has 1 saturated carbocycles. The third-order valence-corrected chi connectivity index (χ3v) is 8.21. The number of nitrogens with zero attached hydrogens (tertiary/aromatic N) is 6. The molecule has 3 aromatic heterocycles. The van der Waals surface area contributed by atoms with Crippen molar-refractivity contribution in [2.24, 2.45) is 5.92 Å². The van der Waals surface area contributed by atoms with Gasteiger partial charge < -0.3 is 9.80 Å². The van der Waals surface area contributed by atoms with Gasteiger partial charge >= 0.3 is 0 Å². The zero-order valence-corrected chi connectivity index (χ0v) is 19.6. The Morgan fingerprint density at radius 1 is 1.16 bits per heavy atom. The maximum atomic E-state index is 12.4. The molecule has 0 bridgehead atoms. The van der Waals surface area contributed by atoms with E-state index in [-0.39, 0.29) is 0 Å².